The van der Waals surface area contributed by atoms with Gasteiger partial charge in [0, 0.05) is 50.4 Å². The van der Waals surface area contributed by atoms with Gasteiger partial charge in [0.1, 0.15) is 0 Å². The van der Waals surface area contributed by atoms with Crippen LogP contribution in [0.4, 0.5) is 0 Å². The van der Waals surface area contributed by atoms with Gasteiger partial charge in [-0.15, -0.1) is 12.4 Å². The third-order valence-corrected chi connectivity index (χ3v) is 6.61. The van der Waals surface area contributed by atoms with Crippen molar-refractivity contribution in [2.75, 3.05) is 19.6 Å². The summed E-state index contributed by atoms with van der Waals surface area (Å²) in [5, 5.41) is 8.25. The molecule has 1 aromatic carbocycles. The molecule has 0 bridgehead atoms. The van der Waals surface area contributed by atoms with Crippen molar-refractivity contribution in [1.29, 1.82) is 0 Å². The average molecular weight is 415 g/mol. The Kier molecular flexibility index (Phi) is 6.26. The van der Waals surface area contributed by atoms with E-state index in [9.17, 15) is 4.79 Å². The second kappa shape index (κ2) is 8.88. The van der Waals surface area contributed by atoms with E-state index in [0.717, 1.165) is 69.9 Å². The number of carbonyl (C=O) groups excluding carboxylic acids is 1. The number of likely N-dealkylation sites (tertiary alicyclic amines) is 1. The van der Waals surface area contributed by atoms with E-state index < -0.39 is 0 Å². The largest absolute Gasteiger partial charge is 0.337 e. The number of fused-ring (bicyclic) bond motifs is 1. The van der Waals surface area contributed by atoms with Gasteiger partial charge in [-0.1, -0.05) is 30.3 Å². The molecule has 2 aromatic rings. The highest BCUT2D eigenvalue weighted by Gasteiger charge is 2.32. The molecular weight excluding hydrogens is 384 g/mol. The summed E-state index contributed by atoms with van der Waals surface area (Å²) in [5.41, 5.74) is 4.58. The maximum Gasteiger partial charge on any atom is 0.274 e. The zero-order chi connectivity index (χ0) is 18.9. The van der Waals surface area contributed by atoms with Gasteiger partial charge in [0.2, 0.25) is 0 Å². The predicted molar refractivity (Wildman–Crippen MR) is 116 cm³/mol. The van der Waals surface area contributed by atoms with Crippen molar-refractivity contribution in [2.24, 2.45) is 11.8 Å². The number of hydrogen-bond donors (Lipinski definition) is 1. The fourth-order valence-electron chi connectivity index (χ4n) is 4.72. The maximum atomic E-state index is 13.3. The van der Waals surface area contributed by atoms with Crippen molar-refractivity contribution in [3.05, 3.63) is 52.8 Å². The van der Waals surface area contributed by atoms with Crippen LogP contribution in [-0.4, -0.2) is 40.2 Å². The van der Waals surface area contributed by atoms with Gasteiger partial charge >= 0.3 is 0 Å². The fourth-order valence-corrected chi connectivity index (χ4v) is 4.72. The first-order valence-corrected chi connectivity index (χ1v) is 10.9. The Morgan fingerprint density at radius 1 is 1.07 bits per heavy atom. The molecule has 156 valence electrons. The molecule has 0 spiro atoms. The van der Waals surface area contributed by atoms with Crippen molar-refractivity contribution >= 4 is 18.3 Å². The Bertz CT molecular complexity index is 838. The van der Waals surface area contributed by atoms with Gasteiger partial charge in [-0.3, -0.25) is 9.48 Å². The molecule has 6 heteroatoms. The molecule has 5 nitrogen and oxygen atoms in total. The van der Waals surface area contributed by atoms with Gasteiger partial charge in [0.15, 0.2) is 5.69 Å². The molecule has 1 aliphatic carbocycles. The molecule has 3 aliphatic rings. The fraction of sp³-hybridized carbons (Fsp3) is 0.565. The normalized spacial score (nSPS) is 19.5. The summed E-state index contributed by atoms with van der Waals surface area (Å²) >= 11 is 0. The zero-order valence-electron chi connectivity index (χ0n) is 17.0. The second-order valence-electron chi connectivity index (χ2n) is 8.75. The number of nitrogens with zero attached hydrogens (tertiary/aromatic N) is 3. The molecule has 1 amide bonds. The quantitative estimate of drug-likeness (QED) is 0.815. The minimum Gasteiger partial charge on any atom is -0.337 e. The zero-order valence-corrected chi connectivity index (χ0v) is 17.8. The van der Waals surface area contributed by atoms with Crippen molar-refractivity contribution in [1.82, 2.24) is 20.0 Å². The molecule has 0 atom stereocenters. The monoisotopic (exact) mass is 414 g/mol. The van der Waals surface area contributed by atoms with E-state index >= 15 is 0 Å². The van der Waals surface area contributed by atoms with Crippen molar-refractivity contribution in [2.45, 2.75) is 51.6 Å². The standard InChI is InChI=1S/C23H30N4O.ClH/c28-23(26-12-9-18(10-13-26)14-17-4-2-1-3-5-17)22-20-15-24-11-8-21(20)27(25-22)16-19-6-7-19;/h1-5,18-19,24H,6-16H2;1H. The van der Waals surface area contributed by atoms with Crippen LogP contribution in [0.1, 0.15) is 53.0 Å². The molecule has 5 rings (SSSR count). The topological polar surface area (TPSA) is 50.2 Å². The number of nitrogens with one attached hydrogen (secondary N) is 1. The number of aromatic nitrogens is 2. The second-order valence-corrected chi connectivity index (χ2v) is 8.75. The summed E-state index contributed by atoms with van der Waals surface area (Å²) in [6.07, 6.45) is 6.91. The molecule has 2 fully saturated rings. The third kappa shape index (κ3) is 4.51. The molecule has 1 N–H and O–H groups in total. The molecule has 1 saturated heterocycles. The van der Waals surface area contributed by atoms with Crippen LogP contribution in [0, 0.1) is 11.8 Å². The van der Waals surface area contributed by atoms with Crippen molar-refractivity contribution in [3.8, 4) is 0 Å². The van der Waals surface area contributed by atoms with Crippen LogP contribution in [0.2, 0.25) is 0 Å². The number of amides is 1. The van der Waals surface area contributed by atoms with Gasteiger partial charge in [0.05, 0.1) is 0 Å². The number of benzene rings is 1. The first-order chi connectivity index (χ1) is 13.8. The lowest BCUT2D eigenvalue weighted by atomic mass is 9.90. The molecule has 29 heavy (non-hydrogen) atoms. The van der Waals surface area contributed by atoms with E-state index in [-0.39, 0.29) is 18.3 Å². The van der Waals surface area contributed by atoms with E-state index in [1.54, 1.807) is 0 Å². The van der Waals surface area contributed by atoms with Gasteiger partial charge in [-0.05, 0) is 49.5 Å². The summed E-state index contributed by atoms with van der Waals surface area (Å²) in [6, 6.07) is 10.7. The van der Waals surface area contributed by atoms with Gasteiger partial charge in [0.25, 0.3) is 5.91 Å². The highest BCUT2D eigenvalue weighted by molar-refractivity contribution is 5.94. The van der Waals surface area contributed by atoms with Crippen LogP contribution in [0.15, 0.2) is 30.3 Å². The third-order valence-electron chi connectivity index (χ3n) is 6.61. The van der Waals surface area contributed by atoms with Crippen LogP contribution in [0.5, 0.6) is 0 Å². The lowest BCUT2D eigenvalue weighted by Crippen LogP contribution is -2.39. The Morgan fingerprint density at radius 3 is 2.55 bits per heavy atom. The lowest BCUT2D eigenvalue weighted by Gasteiger charge is -2.32. The average Bonchev–Trinajstić information content (AvgIpc) is 3.49. The molecule has 3 heterocycles. The first-order valence-electron chi connectivity index (χ1n) is 10.9. The summed E-state index contributed by atoms with van der Waals surface area (Å²) in [5.74, 6) is 1.60. The van der Waals surface area contributed by atoms with Crippen LogP contribution in [-0.2, 0) is 25.9 Å². The van der Waals surface area contributed by atoms with Crippen LogP contribution in [0.25, 0.3) is 0 Å². The van der Waals surface area contributed by atoms with Crippen molar-refractivity contribution < 1.29 is 4.79 Å². The van der Waals surface area contributed by atoms with E-state index in [0.29, 0.717) is 11.6 Å². The highest BCUT2D eigenvalue weighted by atomic mass is 35.5. The molecular formula is C23H31ClN4O. The SMILES string of the molecule is Cl.O=C(c1nn(CC2CC2)c2c1CNCC2)N1CCC(Cc2ccccc2)CC1. The Hall–Kier alpha value is -1.85. The highest BCUT2D eigenvalue weighted by Crippen LogP contribution is 2.32. The van der Waals surface area contributed by atoms with E-state index in [4.69, 9.17) is 5.10 Å². The van der Waals surface area contributed by atoms with Crippen molar-refractivity contribution in [3.63, 3.8) is 0 Å². The number of hydrogen-bond acceptors (Lipinski definition) is 3. The lowest BCUT2D eigenvalue weighted by molar-refractivity contribution is 0.0682. The summed E-state index contributed by atoms with van der Waals surface area (Å²) in [4.78, 5) is 15.3. The summed E-state index contributed by atoms with van der Waals surface area (Å²) < 4.78 is 2.16. The number of carbonyl (C=O) groups is 1. The molecule has 1 aromatic heterocycles. The van der Waals surface area contributed by atoms with E-state index in [1.165, 1.54) is 24.1 Å². The number of halogens is 1. The van der Waals surface area contributed by atoms with E-state index in [2.05, 4.69) is 40.3 Å². The minimum absolute atomic E-state index is 0. The first kappa shape index (κ1) is 20.4. The van der Waals surface area contributed by atoms with Gasteiger partial charge in [-0.2, -0.15) is 5.10 Å². The molecule has 1 saturated carbocycles. The molecule has 0 radical (unpaired) electrons. The van der Waals surface area contributed by atoms with Crippen LogP contribution >= 0.6 is 12.4 Å². The maximum absolute atomic E-state index is 13.3. The Labute approximate surface area is 179 Å². The van der Waals surface area contributed by atoms with Gasteiger partial charge < -0.3 is 10.2 Å². The Morgan fingerprint density at radius 2 is 1.83 bits per heavy atom. The number of rotatable bonds is 5. The summed E-state index contributed by atoms with van der Waals surface area (Å²) in [7, 11) is 0. The predicted octanol–water partition coefficient (Wildman–Crippen LogP) is 3.46. The van der Waals surface area contributed by atoms with Gasteiger partial charge in [-0.25, -0.2) is 0 Å². The molecule has 0 unspecified atom stereocenters. The van der Waals surface area contributed by atoms with Crippen LogP contribution < -0.4 is 5.32 Å². The molecule has 2 aliphatic heterocycles. The number of piperidine rings is 1. The minimum atomic E-state index is 0. The summed E-state index contributed by atoms with van der Waals surface area (Å²) in [6.45, 7) is 4.48. The smallest absolute Gasteiger partial charge is 0.274 e. The van der Waals surface area contributed by atoms with E-state index in [1.807, 2.05) is 4.90 Å². The van der Waals surface area contributed by atoms with Crippen LogP contribution in [0.3, 0.4) is 0 Å². The Balaban J connectivity index is 0.00000205.